The van der Waals surface area contributed by atoms with E-state index in [4.69, 9.17) is 10.4 Å². The predicted molar refractivity (Wildman–Crippen MR) is 73.7 cm³/mol. The van der Waals surface area contributed by atoms with Crippen LogP contribution in [-0.4, -0.2) is 5.11 Å². The van der Waals surface area contributed by atoms with Gasteiger partial charge in [0.2, 0.25) is 0 Å². The van der Waals surface area contributed by atoms with Gasteiger partial charge in [0.05, 0.1) is 17.2 Å². The number of para-hydroxylation sites is 1. The van der Waals surface area contributed by atoms with Gasteiger partial charge in [0.15, 0.2) is 0 Å². The minimum absolute atomic E-state index is 0.335. The van der Waals surface area contributed by atoms with Gasteiger partial charge in [0, 0.05) is 0 Å². The van der Waals surface area contributed by atoms with Crippen molar-refractivity contribution in [3.05, 3.63) is 64.7 Å². The summed E-state index contributed by atoms with van der Waals surface area (Å²) in [6.45, 7) is 3.42. The average molecular weight is 293 g/mol. The monoisotopic (exact) mass is 293 g/mol. The van der Waals surface area contributed by atoms with Crippen LogP contribution in [0, 0.1) is 25.2 Å². The molecule has 110 valence electrons. The van der Waals surface area contributed by atoms with E-state index < -0.39 is 11.7 Å². The van der Waals surface area contributed by atoms with Crippen LogP contribution in [0.2, 0.25) is 0 Å². The molecule has 0 aliphatic rings. The average Bonchev–Trinajstić information content (AvgIpc) is 2.42. The number of aryl methyl sites for hydroxylation is 2. The zero-order valence-electron chi connectivity index (χ0n) is 11.6. The maximum Gasteiger partial charge on any atom is 0.417 e. The van der Waals surface area contributed by atoms with Crippen molar-refractivity contribution in [3.63, 3.8) is 0 Å². The van der Waals surface area contributed by atoms with Crippen molar-refractivity contribution in [2.45, 2.75) is 20.0 Å². The molecule has 0 amide bonds. The Morgan fingerprint density at radius 3 is 2.10 bits per heavy atom. The Kier molecular flexibility index (Phi) is 5.37. The molecule has 5 heteroatoms. The molecule has 0 saturated carbocycles. The third-order valence-corrected chi connectivity index (χ3v) is 2.72. The highest BCUT2D eigenvalue weighted by Crippen LogP contribution is 2.32. The predicted octanol–water partition coefficient (Wildman–Crippen LogP) is 4.59. The number of rotatable bonds is 0. The molecule has 0 radical (unpaired) electrons. The molecule has 2 aromatic carbocycles. The molecular weight excluding hydrogens is 279 g/mol. The summed E-state index contributed by atoms with van der Waals surface area (Å²) in [5, 5.41) is 17.3. The number of phenols is 1. The quantitative estimate of drug-likeness (QED) is 0.772. The molecule has 0 aliphatic carbocycles. The van der Waals surface area contributed by atoms with Crippen LogP contribution in [0.15, 0.2) is 42.5 Å². The minimum atomic E-state index is -4.45. The molecule has 0 aliphatic heterocycles. The molecule has 0 fully saturated rings. The van der Waals surface area contributed by atoms with E-state index in [0.717, 1.165) is 11.6 Å². The van der Waals surface area contributed by atoms with Gasteiger partial charge in [-0.25, -0.2) is 0 Å². The smallest absolute Gasteiger partial charge is 0.417 e. The summed E-state index contributed by atoms with van der Waals surface area (Å²) in [4.78, 5) is 0. The van der Waals surface area contributed by atoms with Crippen LogP contribution in [-0.2, 0) is 6.18 Å². The molecule has 1 N–H and O–H groups in total. The van der Waals surface area contributed by atoms with E-state index in [9.17, 15) is 13.2 Å². The van der Waals surface area contributed by atoms with E-state index in [1.165, 1.54) is 18.2 Å². The number of benzene rings is 2. The number of nitriles is 1. The first kappa shape index (κ1) is 16.6. The Morgan fingerprint density at radius 1 is 1.05 bits per heavy atom. The van der Waals surface area contributed by atoms with Crippen LogP contribution < -0.4 is 0 Å². The highest BCUT2D eigenvalue weighted by Gasteiger charge is 2.33. The topological polar surface area (TPSA) is 44.0 Å². The molecule has 2 nitrogen and oxygen atoms in total. The first-order chi connectivity index (χ1) is 9.75. The van der Waals surface area contributed by atoms with Gasteiger partial charge in [-0.2, -0.15) is 18.4 Å². The van der Waals surface area contributed by atoms with Gasteiger partial charge in [-0.3, -0.25) is 0 Å². The molecule has 0 atom stereocenters. The van der Waals surface area contributed by atoms with Gasteiger partial charge in [-0.1, -0.05) is 29.8 Å². The van der Waals surface area contributed by atoms with Crippen LogP contribution in [0.3, 0.4) is 0 Å². The maximum atomic E-state index is 12.3. The van der Waals surface area contributed by atoms with Crippen LogP contribution in [0.5, 0.6) is 5.75 Å². The largest absolute Gasteiger partial charge is 0.508 e. The van der Waals surface area contributed by atoms with Crippen molar-refractivity contribution in [1.82, 2.24) is 0 Å². The molecule has 21 heavy (non-hydrogen) atoms. The van der Waals surface area contributed by atoms with Gasteiger partial charge in [0.1, 0.15) is 5.75 Å². The third kappa shape index (κ3) is 4.84. The Hall–Kier alpha value is -2.48. The molecule has 0 aromatic heterocycles. The van der Waals surface area contributed by atoms with E-state index in [-0.39, 0.29) is 5.56 Å². The summed E-state index contributed by atoms with van der Waals surface area (Å²) in [6.07, 6.45) is -4.45. The summed E-state index contributed by atoms with van der Waals surface area (Å²) in [6, 6.07) is 12.4. The van der Waals surface area contributed by atoms with E-state index >= 15 is 0 Å². The Balaban J connectivity index is 0.000000235. The van der Waals surface area contributed by atoms with Gasteiger partial charge >= 0.3 is 6.18 Å². The zero-order valence-corrected chi connectivity index (χ0v) is 11.6. The van der Waals surface area contributed by atoms with Crippen LogP contribution in [0.1, 0.15) is 22.3 Å². The third-order valence-electron chi connectivity index (χ3n) is 2.72. The van der Waals surface area contributed by atoms with Gasteiger partial charge in [0.25, 0.3) is 0 Å². The number of aromatic hydroxyl groups is 1. The van der Waals surface area contributed by atoms with Gasteiger partial charge in [-0.05, 0) is 37.6 Å². The van der Waals surface area contributed by atoms with Gasteiger partial charge < -0.3 is 5.11 Å². The van der Waals surface area contributed by atoms with Crippen molar-refractivity contribution in [2.24, 2.45) is 0 Å². The molecular formula is C16H14F3NO. The Bertz CT molecular complexity index is 636. The fraction of sp³-hybridized carbons (Fsp3) is 0.188. The van der Waals surface area contributed by atoms with Crippen molar-refractivity contribution in [2.75, 3.05) is 0 Å². The molecule has 0 heterocycles. The van der Waals surface area contributed by atoms with Crippen LogP contribution in [0.25, 0.3) is 0 Å². The van der Waals surface area contributed by atoms with Crippen LogP contribution in [0.4, 0.5) is 13.2 Å². The number of halogens is 3. The summed E-state index contributed by atoms with van der Waals surface area (Å²) in [5.74, 6) is 0.368. The standard InChI is InChI=1S/C9H6F3N.C7H8O/c1-6-2-3-7(5-13)8(4-6)9(10,11)12;1-6-4-2-3-5-7(6)8/h2-4H,1H3;2-5,8H,1H3. The SMILES string of the molecule is Cc1ccc(C#N)c(C(F)(F)F)c1.Cc1ccccc1O. The van der Waals surface area contributed by atoms with Crippen LogP contribution >= 0.6 is 0 Å². The summed E-state index contributed by atoms with van der Waals surface area (Å²) in [5.41, 5.74) is 0.215. The van der Waals surface area contributed by atoms with Crippen molar-refractivity contribution >= 4 is 0 Å². The minimum Gasteiger partial charge on any atom is -0.508 e. The van der Waals surface area contributed by atoms with E-state index in [0.29, 0.717) is 11.3 Å². The summed E-state index contributed by atoms with van der Waals surface area (Å²) >= 11 is 0. The fourth-order valence-electron chi connectivity index (χ4n) is 1.55. The molecule has 0 spiro atoms. The second-order valence-electron chi connectivity index (χ2n) is 4.45. The highest BCUT2D eigenvalue weighted by molar-refractivity contribution is 5.41. The summed E-state index contributed by atoms with van der Waals surface area (Å²) < 4.78 is 36.8. The normalized spacial score (nSPS) is 10.3. The molecule has 0 bridgehead atoms. The van der Waals surface area contributed by atoms with E-state index in [1.54, 1.807) is 13.0 Å². The maximum absolute atomic E-state index is 12.3. The first-order valence-electron chi connectivity index (χ1n) is 6.08. The van der Waals surface area contributed by atoms with Crippen molar-refractivity contribution < 1.29 is 18.3 Å². The second-order valence-corrected chi connectivity index (χ2v) is 4.45. The zero-order chi connectivity index (χ0) is 16.0. The number of phenolic OH excluding ortho intramolecular Hbond substituents is 1. The van der Waals surface area contributed by atoms with Crippen molar-refractivity contribution in [3.8, 4) is 11.8 Å². The summed E-state index contributed by atoms with van der Waals surface area (Å²) in [7, 11) is 0. The highest BCUT2D eigenvalue weighted by atomic mass is 19.4. The van der Waals surface area contributed by atoms with E-state index in [2.05, 4.69) is 0 Å². The molecule has 2 aromatic rings. The molecule has 0 saturated heterocycles. The Morgan fingerprint density at radius 2 is 1.67 bits per heavy atom. The Labute approximate surface area is 121 Å². The number of alkyl halides is 3. The molecule has 2 rings (SSSR count). The number of hydrogen-bond acceptors (Lipinski definition) is 2. The lowest BCUT2D eigenvalue weighted by molar-refractivity contribution is -0.137. The first-order valence-corrected chi connectivity index (χ1v) is 6.08. The number of nitrogens with zero attached hydrogens (tertiary/aromatic N) is 1. The lowest BCUT2D eigenvalue weighted by Gasteiger charge is -2.08. The van der Waals surface area contributed by atoms with Crippen molar-refractivity contribution in [1.29, 1.82) is 5.26 Å². The van der Waals surface area contributed by atoms with E-state index in [1.807, 2.05) is 25.1 Å². The second kappa shape index (κ2) is 6.80. The van der Waals surface area contributed by atoms with Gasteiger partial charge in [-0.15, -0.1) is 0 Å². The fourth-order valence-corrected chi connectivity index (χ4v) is 1.55. The molecule has 0 unspecified atom stereocenters. The lowest BCUT2D eigenvalue weighted by Crippen LogP contribution is -2.07. The lowest BCUT2D eigenvalue weighted by atomic mass is 10.1. The number of hydrogen-bond donors (Lipinski definition) is 1.